The van der Waals surface area contributed by atoms with E-state index in [1.807, 2.05) is 36.4 Å². The number of likely N-dealkylation sites (tertiary alicyclic amines) is 1. The number of hydrogen-bond donors (Lipinski definition) is 0. The fourth-order valence-electron chi connectivity index (χ4n) is 4.11. The summed E-state index contributed by atoms with van der Waals surface area (Å²) < 4.78 is 5.14. The molecule has 35 heavy (non-hydrogen) atoms. The van der Waals surface area contributed by atoms with Crippen LogP contribution in [0.1, 0.15) is 66.9 Å². The lowest BCUT2D eigenvalue weighted by Crippen LogP contribution is -2.44. The number of piperidine rings is 1. The van der Waals surface area contributed by atoms with Crippen molar-refractivity contribution in [3.05, 3.63) is 52.5 Å². The molecule has 1 aromatic heterocycles. The molecular formula is C27H35N3O4S. The normalized spacial score (nSPS) is 14.3. The first-order valence-electron chi connectivity index (χ1n) is 12.4. The second-order valence-corrected chi connectivity index (χ2v) is 9.65. The first kappa shape index (κ1) is 26.6. The number of amides is 2. The second kappa shape index (κ2) is 13.2. The predicted molar refractivity (Wildman–Crippen MR) is 139 cm³/mol. The summed E-state index contributed by atoms with van der Waals surface area (Å²) in [5, 5.41) is 0.552. The van der Waals surface area contributed by atoms with Gasteiger partial charge in [-0.25, -0.2) is 9.78 Å². The molecule has 2 aromatic rings. The number of ether oxygens (including phenoxy) is 1. The number of aryl methyl sites for hydroxylation is 1. The Labute approximate surface area is 211 Å². The van der Waals surface area contributed by atoms with Crippen LogP contribution >= 0.6 is 11.3 Å². The highest BCUT2D eigenvalue weighted by Crippen LogP contribution is 2.30. The molecule has 0 saturated carbocycles. The van der Waals surface area contributed by atoms with Gasteiger partial charge >= 0.3 is 5.97 Å². The molecule has 1 fully saturated rings. The molecule has 3 rings (SSSR count). The van der Waals surface area contributed by atoms with E-state index in [1.165, 1.54) is 11.3 Å². The van der Waals surface area contributed by atoms with E-state index < -0.39 is 5.97 Å². The monoisotopic (exact) mass is 497 g/mol. The van der Waals surface area contributed by atoms with Gasteiger partial charge in [0.2, 0.25) is 11.8 Å². The lowest BCUT2D eigenvalue weighted by atomic mass is 9.95. The number of thiazole rings is 1. The third-order valence-corrected chi connectivity index (χ3v) is 7.26. The lowest BCUT2D eigenvalue weighted by molar-refractivity contribution is -0.131. The number of carbonyl (C=O) groups is 3. The van der Waals surface area contributed by atoms with Crippen LogP contribution in [0.2, 0.25) is 0 Å². The number of anilines is 1. The summed E-state index contributed by atoms with van der Waals surface area (Å²) in [5.74, 6) is -0.578. The van der Waals surface area contributed by atoms with Crippen LogP contribution in [-0.4, -0.2) is 53.9 Å². The topological polar surface area (TPSA) is 79.8 Å². The molecule has 188 valence electrons. The van der Waals surface area contributed by atoms with Crippen LogP contribution in [-0.2, 0) is 14.3 Å². The van der Waals surface area contributed by atoms with Gasteiger partial charge in [0.1, 0.15) is 4.88 Å². The molecule has 1 aliphatic rings. The summed E-state index contributed by atoms with van der Waals surface area (Å²) in [4.78, 5) is 47.0. The molecule has 2 heterocycles. The van der Waals surface area contributed by atoms with Crippen molar-refractivity contribution in [1.29, 1.82) is 0 Å². The minimum Gasteiger partial charge on any atom is -0.462 e. The van der Waals surface area contributed by atoms with Gasteiger partial charge in [0.15, 0.2) is 5.13 Å². The second-order valence-electron chi connectivity index (χ2n) is 8.67. The summed E-state index contributed by atoms with van der Waals surface area (Å²) in [5.41, 5.74) is 1.57. The minimum absolute atomic E-state index is 0.0252. The van der Waals surface area contributed by atoms with Gasteiger partial charge in [0, 0.05) is 31.6 Å². The van der Waals surface area contributed by atoms with Crippen molar-refractivity contribution in [3.8, 4) is 0 Å². The maximum atomic E-state index is 13.6. The predicted octanol–water partition coefficient (Wildman–Crippen LogP) is 5.10. The van der Waals surface area contributed by atoms with Crippen molar-refractivity contribution in [2.75, 3.05) is 31.1 Å². The Morgan fingerprint density at radius 2 is 1.86 bits per heavy atom. The molecule has 0 bridgehead atoms. The van der Waals surface area contributed by atoms with Crippen LogP contribution in [0, 0.1) is 12.8 Å². The van der Waals surface area contributed by atoms with E-state index in [9.17, 15) is 14.4 Å². The van der Waals surface area contributed by atoms with Crippen molar-refractivity contribution >= 4 is 40.3 Å². The number of aromatic nitrogens is 1. The van der Waals surface area contributed by atoms with Crippen LogP contribution < -0.4 is 4.90 Å². The number of benzene rings is 1. The molecule has 1 aliphatic heterocycles. The average Bonchev–Trinajstić information content (AvgIpc) is 3.27. The number of nitrogens with zero attached hydrogens (tertiary/aromatic N) is 3. The number of hydrogen-bond acceptors (Lipinski definition) is 6. The van der Waals surface area contributed by atoms with Gasteiger partial charge in [-0.1, -0.05) is 61.4 Å². The van der Waals surface area contributed by atoms with Gasteiger partial charge in [-0.05, 0) is 44.7 Å². The Morgan fingerprint density at radius 1 is 1.14 bits per heavy atom. The smallest absolute Gasteiger partial charge is 0.350 e. The highest BCUT2D eigenvalue weighted by atomic mass is 32.1. The van der Waals surface area contributed by atoms with E-state index in [0.29, 0.717) is 54.8 Å². The third-order valence-electron chi connectivity index (χ3n) is 6.10. The van der Waals surface area contributed by atoms with E-state index in [4.69, 9.17) is 4.74 Å². The molecule has 2 amide bonds. The number of esters is 1. The SMILES string of the molecule is CCCCCN(C(=O)C1CCN(C(=O)/C=C/c2ccccc2)CC1)c1nc(C)c(C(=O)OCC)s1. The zero-order valence-electron chi connectivity index (χ0n) is 20.9. The fraction of sp³-hybridized carbons (Fsp3) is 0.481. The van der Waals surface area contributed by atoms with E-state index >= 15 is 0 Å². The highest BCUT2D eigenvalue weighted by molar-refractivity contribution is 7.17. The first-order chi connectivity index (χ1) is 16.9. The fourth-order valence-corrected chi connectivity index (χ4v) is 5.10. The zero-order valence-corrected chi connectivity index (χ0v) is 21.7. The number of unbranched alkanes of at least 4 members (excludes halogenated alkanes) is 2. The van der Waals surface area contributed by atoms with Crippen molar-refractivity contribution in [2.24, 2.45) is 5.92 Å². The molecule has 7 nitrogen and oxygen atoms in total. The third kappa shape index (κ3) is 7.24. The van der Waals surface area contributed by atoms with Crippen LogP contribution in [0.4, 0.5) is 5.13 Å². The Morgan fingerprint density at radius 3 is 2.51 bits per heavy atom. The molecule has 0 N–H and O–H groups in total. The summed E-state index contributed by atoms with van der Waals surface area (Å²) in [6.07, 6.45) is 7.58. The standard InChI is InChI=1S/C27H35N3O4S/c1-4-6-10-17-30(27-28-20(3)24(35-27)26(33)34-5-2)25(32)22-15-18-29(19-16-22)23(31)14-13-21-11-8-7-9-12-21/h7-9,11-14,22H,4-6,10,15-19H2,1-3H3/b14-13+. The van der Waals surface area contributed by atoms with Gasteiger partial charge in [0.05, 0.1) is 12.3 Å². The van der Waals surface area contributed by atoms with Crippen LogP contribution in [0.15, 0.2) is 36.4 Å². The highest BCUT2D eigenvalue weighted by Gasteiger charge is 2.32. The van der Waals surface area contributed by atoms with Gasteiger partial charge in [-0.3, -0.25) is 14.5 Å². The van der Waals surface area contributed by atoms with Gasteiger partial charge in [-0.15, -0.1) is 0 Å². The van der Waals surface area contributed by atoms with Crippen LogP contribution in [0.5, 0.6) is 0 Å². The molecule has 0 aliphatic carbocycles. The molecule has 0 radical (unpaired) electrons. The maximum absolute atomic E-state index is 13.6. The lowest BCUT2D eigenvalue weighted by Gasteiger charge is -2.33. The van der Waals surface area contributed by atoms with E-state index in [0.717, 1.165) is 24.8 Å². The summed E-state index contributed by atoms with van der Waals surface area (Å²) in [6.45, 7) is 7.61. The molecule has 0 spiro atoms. The van der Waals surface area contributed by atoms with Gasteiger partial charge in [0.25, 0.3) is 0 Å². The van der Waals surface area contributed by atoms with Crippen LogP contribution in [0.25, 0.3) is 6.08 Å². The van der Waals surface area contributed by atoms with E-state index in [1.54, 1.807) is 29.7 Å². The average molecular weight is 498 g/mol. The zero-order chi connectivity index (χ0) is 25.2. The van der Waals surface area contributed by atoms with Crippen molar-refractivity contribution < 1.29 is 19.1 Å². The minimum atomic E-state index is -0.398. The number of carbonyl (C=O) groups excluding carboxylic acids is 3. The summed E-state index contributed by atoms with van der Waals surface area (Å²) >= 11 is 1.22. The van der Waals surface area contributed by atoms with Crippen molar-refractivity contribution in [3.63, 3.8) is 0 Å². The quantitative estimate of drug-likeness (QED) is 0.259. The Balaban J connectivity index is 1.65. The molecule has 8 heteroatoms. The van der Waals surface area contributed by atoms with Gasteiger partial charge < -0.3 is 9.64 Å². The van der Waals surface area contributed by atoms with Gasteiger partial charge in [-0.2, -0.15) is 0 Å². The first-order valence-corrected chi connectivity index (χ1v) is 13.2. The maximum Gasteiger partial charge on any atom is 0.350 e. The molecule has 1 saturated heterocycles. The van der Waals surface area contributed by atoms with E-state index in [-0.39, 0.29) is 17.7 Å². The Kier molecular flexibility index (Phi) is 10.0. The molecule has 0 atom stereocenters. The molecule has 1 aromatic carbocycles. The van der Waals surface area contributed by atoms with E-state index in [2.05, 4.69) is 11.9 Å². The largest absolute Gasteiger partial charge is 0.462 e. The molecular weight excluding hydrogens is 462 g/mol. The van der Waals surface area contributed by atoms with Crippen molar-refractivity contribution in [1.82, 2.24) is 9.88 Å². The van der Waals surface area contributed by atoms with Crippen LogP contribution in [0.3, 0.4) is 0 Å². The Hall–Kier alpha value is -3.00. The van der Waals surface area contributed by atoms with Crippen molar-refractivity contribution in [2.45, 2.75) is 52.9 Å². The summed E-state index contributed by atoms with van der Waals surface area (Å²) in [7, 11) is 0. The molecule has 0 unspecified atom stereocenters. The Bertz CT molecular complexity index is 1030. The number of rotatable bonds is 10. The summed E-state index contributed by atoms with van der Waals surface area (Å²) in [6, 6.07) is 9.72.